The molecule has 0 aromatic heterocycles. The summed E-state index contributed by atoms with van der Waals surface area (Å²) in [6, 6.07) is 0. The van der Waals surface area contributed by atoms with Crippen molar-refractivity contribution in [2.24, 2.45) is 17.8 Å². The Kier molecular flexibility index (Phi) is 3.30. The van der Waals surface area contributed by atoms with Gasteiger partial charge in [0.05, 0.1) is 0 Å². The highest BCUT2D eigenvalue weighted by Crippen LogP contribution is 2.48. The molecule has 2 bridgehead atoms. The summed E-state index contributed by atoms with van der Waals surface area (Å²) in [6.07, 6.45) is 11.9. The summed E-state index contributed by atoms with van der Waals surface area (Å²) in [5.41, 5.74) is 0. The molecule has 2 heteroatoms. The van der Waals surface area contributed by atoms with Crippen LogP contribution in [0.25, 0.3) is 0 Å². The van der Waals surface area contributed by atoms with E-state index >= 15 is 0 Å². The number of amides is 1. The fourth-order valence-corrected chi connectivity index (χ4v) is 3.10. The summed E-state index contributed by atoms with van der Waals surface area (Å²) < 4.78 is 0. The predicted octanol–water partition coefficient (Wildman–Crippen LogP) is 1.95. The second-order valence-electron chi connectivity index (χ2n) is 4.88. The topological polar surface area (TPSA) is 29.1 Å². The fraction of sp³-hybridized carbons (Fsp3) is 0.769. The van der Waals surface area contributed by atoms with Gasteiger partial charge in [-0.15, -0.1) is 12.3 Å². The lowest BCUT2D eigenvalue weighted by Gasteiger charge is -2.20. The van der Waals surface area contributed by atoms with Crippen LogP contribution in [-0.4, -0.2) is 12.5 Å². The Hall–Kier alpha value is -0.970. The maximum Gasteiger partial charge on any atom is 0.223 e. The van der Waals surface area contributed by atoms with Crippen molar-refractivity contribution in [3.05, 3.63) is 0 Å². The molecule has 1 N–H and O–H groups in total. The molecule has 2 saturated carbocycles. The Morgan fingerprint density at radius 2 is 2.27 bits per heavy atom. The van der Waals surface area contributed by atoms with Crippen LogP contribution in [0.15, 0.2) is 0 Å². The summed E-state index contributed by atoms with van der Waals surface area (Å²) in [5, 5.41) is 3.01. The average molecular weight is 205 g/mol. The van der Waals surface area contributed by atoms with Crippen LogP contribution in [0, 0.1) is 30.1 Å². The van der Waals surface area contributed by atoms with Crippen LogP contribution in [-0.2, 0) is 4.79 Å². The zero-order chi connectivity index (χ0) is 10.7. The van der Waals surface area contributed by atoms with Gasteiger partial charge in [-0.05, 0) is 37.5 Å². The smallest absolute Gasteiger partial charge is 0.223 e. The van der Waals surface area contributed by atoms with E-state index in [4.69, 9.17) is 6.42 Å². The molecule has 0 aliphatic heterocycles. The standard InChI is InChI=1S/C13H19NO/c1-2-3-4-7-14-13(15)12-9-10-5-6-11(12)8-10/h1,10-12H,3-9H2,(H,14,15). The van der Waals surface area contributed by atoms with Crippen molar-refractivity contribution in [2.75, 3.05) is 6.54 Å². The second-order valence-corrected chi connectivity index (χ2v) is 4.88. The highest BCUT2D eigenvalue weighted by Gasteiger charge is 2.42. The van der Waals surface area contributed by atoms with Gasteiger partial charge in [-0.25, -0.2) is 0 Å². The number of nitrogens with one attached hydrogen (secondary N) is 1. The van der Waals surface area contributed by atoms with Crippen molar-refractivity contribution in [1.82, 2.24) is 5.32 Å². The van der Waals surface area contributed by atoms with E-state index in [1.54, 1.807) is 0 Å². The normalized spacial score (nSPS) is 32.6. The Bertz CT molecular complexity index is 279. The summed E-state index contributed by atoms with van der Waals surface area (Å²) >= 11 is 0. The minimum atomic E-state index is 0.277. The van der Waals surface area contributed by atoms with Crippen LogP contribution in [0.5, 0.6) is 0 Å². The monoisotopic (exact) mass is 205 g/mol. The molecule has 3 atom stereocenters. The van der Waals surface area contributed by atoms with E-state index in [1.807, 2.05) is 0 Å². The molecule has 2 fully saturated rings. The van der Waals surface area contributed by atoms with E-state index in [9.17, 15) is 4.79 Å². The zero-order valence-corrected chi connectivity index (χ0v) is 9.17. The third kappa shape index (κ3) is 2.34. The van der Waals surface area contributed by atoms with E-state index in [1.165, 1.54) is 19.3 Å². The first-order chi connectivity index (χ1) is 7.31. The second kappa shape index (κ2) is 4.70. The molecule has 2 aliphatic carbocycles. The molecular weight excluding hydrogens is 186 g/mol. The molecule has 82 valence electrons. The zero-order valence-electron chi connectivity index (χ0n) is 9.17. The number of carbonyl (C=O) groups is 1. The van der Waals surface area contributed by atoms with Crippen molar-refractivity contribution in [2.45, 2.75) is 38.5 Å². The molecule has 2 nitrogen and oxygen atoms in total. The largest absolute Gasteiger partial charge is 0.356 e. The molecule has 2 rings (SSSR count). The van der Waals surface area contributed by atoms with E-state index in [-0.39, 0.29) is 5.91 Å². The molecular formula is C13H19NO. The van der Waals surface area contributed by atoms with Crippen LogP contribution < -0.4 is 5.32 Å². The number of fused-ring (bicyclic) bond motifs is 2. The van der Waals surface area contributed by atoms with Gasteiger partial charge in [-0.2, -0.15) is 0 Å². The van der Waals surface area contributed by atoms with Crippen molar-refractivity contribution in [3.8, 4) is 12.3 Å². The molecule has 0 saturated heterocycles. The van der Waals surface area contributed by atoms with Crippen LogP contribution in [0.2, 0.25) is 0 Å². The first kappa shape index (κ1) is 10.5. The van der Waals surface area contributed by atoms with Gasteiger partial charge in [-0.1, -0.05) is 6.42 Å². The molecule has 0 aromatic rings. The number of hydrogen-bond donors (Lipinski definition) is 1. The maximum atomic E-state index is 11.8. The summed E-state index contributed by atoms with van der Waals surface area (Å²) in [5.74, 6) is 4.71. The van der Waals surface area contributed by atoms with Crippen molar-refractivity contribution in [1.29, 1.82) is 0 Å². The summed E-state index contributed by atoms with van der Waals surface area (Å²) in [4.78, 5) is 11.8. The molecule has 1 amide bonds. The number of rotatable bonds is 4. The third-order valence-corrected chi connectivity index (χ3v) is 3.87. The van der Waals surface area contributed by atoms with Gasteiger partial charge in [0.25, 0.3) is 0 Å². The summed E-state index contributed by atoms with van der Waals surface area (Å²) in [7, 11) is 0. The van der Waals surface area contributed by atoms with Gasteiger partial charge in [0.15, 0.2) is 0 Å². The van der Waals surface area contributed by atoms with Gasteiger partial charge in [0, 0.05) is 18.9 Å². The quantitative estimate of drug-likeness (QED) is 0.551. The number of unbranched alkanes of at least 4 members (excludes halogenated alkanes) is 1. The first-order valence-corrected chi connectivity index (χ1v) is 6.02. The van der Waals surface area contributed by atoms with Gasteiger partial charge in [0.2, 0.25) is 5.91 Å². The molecule has 0 aromatic carbocycles. The van der Waals surface area contributed by atoms with Crippen molar-refractivity contribution in [3.63, 3.8) is 0 Å². The van der Waals surface area contributed by atoms with Gasteiger partial charge < -0.3 is 5.32 Å². The third-order valence-electron chi connectivity index (χ3n) is 3.87. The molecule has 0 heterocycles. The molecule has 3 unspecified atom stereocenters. The highest BCUT2D eigenvalue weighted by molar-refractivity contribution is 5.79. The average Bonchev–Trinajstić information content (AvgIpc) is 2.85. The van der Waals surface area contributed by atoms with E-state index < -0.39 is 0 Å². The van der Waals surface area contributed by atoms with Gasteiger partial charge >= 0.3 is 0 Å². The lowest BCUT2D eigenvalue weighted by Crippen LogP contribution is -2.34. The molecule has 0 spiro atoms. The fourth-order valence-electron chi connectivity index (χ4n) is 3.10. The van der Waals surface area contributed by atoms with Crippen molar-refractivity contribution >= 4 is 5.91 Å². The number of hydrogen-bond acceptors (Lipinski definition) is 1. The van der Waals surface area contributed by atoms with E-state index in [0.29, 0.717) is 11.8 Å². The molecule has 2 aliphatic rings. The lowest BCUT2D eigenvalue weighted by atomic mass is 9.88. The minimum Gasteiger partial charge on any atom is -0.356 e. The summed E-state index contributed by atoms with van der Waals surface area (Å²) in [6.45, 7) is 0.747. The minimum absolute atomic E-state index is 0.277. The van der Waals surface area contributed by atoms with Crippen molar-refractivity contribution < 1.29 is 4.79 Å². The van der Waals surface area contributed by atoms with Gasteiger partial charge in [0.1, 0.15) is 0 Å². The highest BCUT2D eigenvalue weighted by atomic mass is 16.1. The molecule has 0 radical (unpaired) electrons. The van der Waals surface area contributed by atoms with Crippen LogP contribution >= 0.6 is 0 Å². The van der Waals surface area contributed by atoms with Crippen LogP contribution in [0.1, 0.15) is 38.5 Å². The SMILES string of the molecule is C#CCCCNC(=O)C1CC2CCC1C2. The lowest BCUT2D eigenvalue weighted by molar-refractivity contribution is -0.126. The molecule has 15 heavy (non-hydrogen) atoms. The van der Waals surface area contributed by atoms with E-state index in [0.717, 1.165) is 31.7 Å². The Morgan fingerprint density at radius 1 is 1.40 bits per heavy atom. The van der Waals surface area contributed by atoms with E-state index in [2.05, 4.69) is 11.2 Å². The van der Waals surface area contributed by atoms with Crippen LogP contribution in [0.3, 0.4) is 0 Å². The maximum absolute atomic E-state index is 11.8. The van der Waals surface area contributed by atoms with Crippen LogP contribution in [0.4, 0.5) is 0 Å². The first-order valence-electron chi connectivity index (χ1n) is 6.02. The Labute approximate surface area is 91.8 Å². The number of terminal acetylenes is 1. The number of carbonyl (C=O) groups excluding carboxylic acids is 1. The Morgan fingerprint density at radius 3 is 2.87 bits per heavy atom. The predicted molar refractivity (Wildman–Crippen MR) is 60.0 cm³/mol. The Balaban J connectivity index is 1.70. The van der Waals surface area contributed by atoms with Gasteiger partial charge in [-0.3, -0.25) is 4.79 Å².